The van der Waals surface area contributed by atoms with Gasteiger partial charge in [0.05, 0.1) is 6.04 Å². The van der Waals surface area contributed by atoms with Crippen LogP contribution in [0.3, 0.4) is 0 Å². The van der Waals surface area contributed by atoms with E-state index in [0.29, 0.717) is 5.56 Å². The van der Waals surface area contributed by atoms with Crippen LogP contribution < -0.4 is 15.4 Å². The molecule has 1 atom stereocenters. The van der Waals surface area contributed by atoms with Crippen molar-refractivity contribution in [3.05, 3.63) is 29.3 Å². The Labute approximate surface area is 116 Å². The van der Waals surface area contributed by atoms with Crippen LogP contribution >= 0.6 is 0 Å². The van der Waals surface area contributed by atoms with Gasteiger partial charge >= 0.3 is 6.61 Å². The number of ether oxygens (including phenoxy) is 1. The molecule has 0 radical (unpaired) electrons. The van der Waals surface area contributed by atoms with Gasteiger partial charge in [-0.25, -0.2) is 0 Å². The monoisotopic (exact) mass is 284 g/mol. The number of hydrogen-bond acceptors (Lipinski definition) is 3. The number of carbonyl (C=O) groups is 1. The number of alkyl halides is 2. The van der Waals surface area contributed by atoms with Crippen molar-refractivity contribution in [2.24, 2.45) is 0 Å². The van der Waals surface area contributed by atoms with Gasteiger partial charge in [0.15, 0.2) is 0 Å². The molecule has 0 bridgehead atoms. The molecule has 1 unspecified atom stereocenters. The molecular weight excluding hydrogens is 266 g/mol. The summed E-state index contributed by atoms with van der Waals surface area (Å²) in [5, 5.41) is 5.84. The van der Waals surface area contributed by atoms with Crippen molar-refractivity contribution in [3.63, 3.8) is 0 Å². The fraction of sp³-hybridized carbons (Fsp3) is 0.500. The first kappa shape index (κ1) is 14.7. The van der Waals surface area contributed by atoms with E-state index in [1.807, 2.05) is 6.92 Å². The van der Waals surface area contributed by atoms with E-state index in [9.17, 15) is 13.6 Å². The minimum Gasteiger partial charge on any atom is -0.434 e. The van der Waals surface area contributed by atoms with E-state index in [2.05, 4.69) is 15.4 Å². The highest BCUT2D eigenvalue weighted by molar-refractivity contribution is 5.82. The molecule has 1 saturated heterocycles. The van der Waals surface area contributed by atoms with Gasteiger partial charge in [0.25, 0.3) is 0 Å². The highest BCUT2D eigenvalue weighted by Crippen LogP contribution is 2.22. The molecule has 1 fully saturated rings. The molecule has 2 rings (SSSR count). The normalized spacial score (nSPS) is 18.3. The van der Waals surface area contributed by atoms with E-state index in [-0.39, 0.29) is 24.2 Å². The first-order chi connectivity index (χ1) is 9.56. The van der Waals surface area contributed by atoms with Gasteiger partial charge in [-0.2, -0.15) is 8.78 Å². The maximum absolute atomic E-state index is 12.3. The first-order valence-electron chi connectivity index (χ1n) is 6.61. The van der Waals surface area contributed by atoms with Crippen LogP contribution in [0.5, 0.6) is 5.75 Å². The molecule has 4 nitrogen and oxygen atoms in total. The molecule has 1 aliphatic heterocycles. The van der Waals surface area contributed by atoms with Crippen LogP contribution in [0.15, 0.2) is 18.2 Å². The summed E-state index contributed by atoms with van der Waals surface area (Å²) in [6.07, 6.45) is 1.78. The second-order valence-electron chi connectivity index (χ2n) is 4.86. The van der Waals surface area contributed by atoms with E-state index >= 15 is 0 Å². The lowest BCUT2D eigenvalue weighted by Crippen LogP contribution is -2.40. The number of halogens is 2. The molecule has 1 aliphatic rings. The highest BCUT2D eigenvalue weighted by Gasteiger charge is 2.21. The van der Waals surface area contributed by atoms with Crippen molar-refractivity contribution in [1.82, 2.24) is 10.6 Å². The molecule has 110 valence electrons. The van der Waals surface area contributed by atoms with E-state index in [1.165, 1.54) is 6.07 Å². The fourth-order valence-electron chi connectivity index (χ4n) is 2.27. The molecule has 0 aromatic heterocycles. The average Bonchev–Trinajstić information content (AvgIpc) is 2.92. The van der Waals surface area contributed by atoms with Crippen LogP contribution in [-0.2, 0) is 11.3 Å². The van der Waals surface area contributed by atoms with Crippen LogP contribution in [0.1, 0.15) is 24.0 Å². The van der Waals surface area contributed by atoms with E-state index in [4.69, 9.17) is 0 Å². The number of benzene rings is 1. The second kappa shape index (κ2) is 6.65. The molecule has 0 aliphatic carbocycles. The molecule has 0 spiro atoms. The lowest BCUT2D eigenvalue weighted by atomic mass is 10.1. The largest absolute Gasteiger partial charge is 0.434 e. The minimum atomic E-state index is -2.87. The molecule has 1 aromatic rings. The van der Waals surface area contributed by atoms with Crippen LogP contribution in [0.25, 0.3) is 0 Å². The van der Waals surface area contributed by atoms with E-state index in [1.54, 1.807) is 12.1 Å². The second-order valence-corrected chi connectivity index (χ2v) is 4.86. The molecular formula is C14H18F2N2O2. The summed E-state index contributed by atoms with van der Waals surface area (Å²) in [6.45, 7) is 0.00242. The molecule has 2 N–H and O–H groups in total. The Morgan fingerprint density at radius 2 is 2.35 bits per heavy atom. The summed E-state index contributed by atoms with van der Waals surface area (Å²) < 4.78 is 29.1. The third-order valence-electron chi connectivity index (χ3n) is 3.26. The summed E-state index contributed by atoms with van der Waals surface area (Å²) in [5.41, 5.74) is 1.48. The summed E-state index contributed by atoms with van der Waals surface area (Å²) in [4.78, 5) is 11.9. The van der Waals surface area contributed by atoms with Crippen molar-refractivity contribution in [1.29, 1.82) is 0 Å². The highest BCUT2D eigenvalue weighted by atomic mass is 19.3. The first-order valence-corrected chi connectivity index (χ1v) is 6.61. The van der Waals surface area contributed by atoms with Gasteiger partial charge in [-0.05, 0) is 32.4 Å². The van der Waals surface area contributed by atoms with Crippen molar-refractivity contribution >= 4 is 5.91 Å². The lowest BCUT2D eigenvalue weighted by Gasteiger charge is -2.14. The molecule has 0 saturated carbocycles. The standard InChI is InChI=1S/C14H18F2N2O2/c1-9-4-5-12(20-14(15)16)10(7-9)8-18-13(19)11-3-2-6-17-11/h4-5,7,11,14,17H,2-3,6,8H2,1H3,(H,18,19). The zero-order valence-electron chi connectivity index (χ0n) is 11.3. The van der Waals surface area contributed by atoms with Crippen molar-refractivity contribution < 1.29 is 18.3 Å². The van der Waals surface area contributed by atoms with Gasteiger partial charge in [0.1, 0.15) is 5.75 Å². The van der Waals surface area contributed by atoms with Crippen molar-refractivity contribution in [2.45, 2.75) is 39.0 Å². The van der Waals surface area contributed by atoms with Gasteiger partial charge in [0, 0.05) is 12.1 Å². The molecule has 1 amide bonds. The number of amides is 1. The predicted molar refractivity (Wildman–Crippen MR) is 70.7 cm³/mol. The fourth-order valence-corrected chi connectivity index (χ4v) is 2.27. The van der Waals surface area contributed by atoms with E-state index < -0.39 is 6.61 Å². The molecule has 1 aromatic carbocycles. The maximum atomic E-state index is 12.3. The summed E-state index contributed by atoms with van der Waals surface area (Å²) >= 11 is 0. The Bertz CT molecular complexity index is 474. The van der Waals surface area contributed by atoms with Crippen molar-refractivity contribution in [3.8, 4) is 5.75 Å². The quantitative estimate of drug-likeness (QED) is 0.869. The molecule has 1 heterocycles. The van der Waals surface area contributed by atoms with Gasteiger partial charge in [-0.3, -0.25) is 4.79 Å². The van der Waals surface area contributed by atoms with Crippen LogP contribution in [0.2, 0.25) is 0 Å². The Morgan fingerprint density at radius 3 is 3.00 bits per heavy atom. The zero-order chi connectivity index (χ0) is 14.5. The maximum Gasteiger partial charge on any atom is 0.387 e. The topological polar surface area (TPSA) is 50.4 Å². The molecule has 6 heteroatoms. The number of hydrogen-bond donors (Lipinski definition) is 2. The number of carbonyl (C=O) groups excluding carboxylic acids is 1. The third-order valence-corrected chi connectivity index (χ3v) is 3.26. The van der Waals surface area contributed by atoms with Gasteiger partial charge in [-0.15, -0.1) is 0 Å². The minimum absolute atomic E-state index is 0.102. The summed E-state index contributed by atoms with van der Waals surface area (Å²) in [5.74, 6) is -0.00251. The van der Waals surface area contributed by atoms with Crippen LogP contribution in [0, 0.1) is 6.92 Å². The van der Waals surface area contributed by atoms with E-state index in [0.717, 1.165) is 24.9 Å². The Balaban J connectivity index is 2.00. The SMILES string of the molecule is Cc1ccc(OC(F)F)c(CNC(=O)C2CCCN2)c1. The average molecular weight is 284 g/mol. The molecule has 20 heavy (non-hydrogen) atoms. The van der Waals surface area contributed by atoms with Gasteiger partial charge in [-0.1, -0.05) is 17.7 Å². The Kier molecular flexibility index (Phi) is 4.89. The smallest absolute Gasteiger partial charge is 0.387 e. The van der Waals surface area contributed by atoms with Gasteiger partial charge in [0.2, 0.25) is 5.91 Å². The number of rotatable bonds is 5. The number of aryl methyl sites for hydroxylation is 1. The Morgan fingerprint density at radius 1 is 1.55 bits per heavy atom. The number of nitrogens with one attached hydrogen (secondary N) is 2. The Hall–Kier alpha value is -1.69. The van der Waals surface area contributed by atoms with Crippen LogP contribution in [0.4, 0.5) is 8.78 Å². The predicted octanol–water partition coefficient (Wildman–Crippen LogP) is 1.96. The summed E-state index contributed by atoms with van der Waals surface area (Å²) in [7, 11) is 0. The lowest BCUT2D eigenvalue weighted by molar-refractivity contribution is -0.122. The van der Waals surface area contributed by atoms with Crippen molar-refractivity contribution in [2.75, 3.05) is 6.54 Å². The third kappa shape index (κ3) is 3.90. The summed E-state index contributed by atoms with van der Waals surface area (Å²) in [6, 6.07) is 4.75. The van der Waals surface area contributed by atoms with Gasteiger partial charge < -0.3 is 15.4 Å². The van der Waals surface area contributed by atoms with Crippen LogP contribution in [-0.4, -0.2) is 25.1 Å². The zero-order valence-corrected chi connectivity index (χ0v) is 11.3.